The lowest BCUT2D eigenvalue weighted by Gasteiger charge is -2.14. The highest BCUT2D eigenvalue weighted by atomic mass is 16.5. The number of aromatic carboxylic acids is 1. The Balaban J connectivity index is 2.60. The summed E-state index contributed by atoms with van der Waals surface area (Å²) in [7, 11) is 1.58. The van der Waals surface area contributed by atoms with Gasteiger partial charge in [0.15, 0.2) is 5.82 Å². The van der Waals surface area contributed by atoms with Crippen molar-refractivity contribution in [3.8, 4) is 0 Å². The van der Waals surface area contributed by atoms with E-state index in [0.29, 0.717) is 19.6 Å². The Morgan fingerprint density at radius 1 is 1.67 bits per heavy atom. The van der Waals surface area contributed by atoms with Crippen LogP contribution in [0.2, 0.25) is 0 Å². The number of rotatable bonds is 6. The van der Waals surface area contributed by atoms with E-state index < -0.39 is 5.97 Å². The van der Waals surface area contributed by atoms with Gasteiger partial charge in [-0.3, -0.25) is 5.01 Å². The van der Waals surface area contributed by atoms with Gasteiger partial charge in [-0.1, -0.05) is 0 Å². The van der Waals surface area contributed by atoms with Gasteiger partial charge in [-0.25, -0.2) is 10.6 Å². The van der Waals surface area contributed by atoms with E-state index in [1.54, 1.807) is 7.11 Å². The lowest BCUT2D eigenvalue weighted by Crippen LogP contribution is -2.34. The third kappa shape index (κ3) is 2.89. The number of H-pyrrole nitrogens is 1. The molecule has 8 nitrogen and oxygen atoms in total. The lowest BCUT2D eigenvalue weighted by molar-refractivity contribution is 0.0691. The maximum absolute atomic E-state index is 10.7. The lowest BCUT2D eigenvalue weighted by atomic mass is 10.4. The number of hydrazine groups is 1. The van der Waals surface area contributed by atoms with Crippen molar-refractivity contribution in [2.75, 3.05) is 25.3 Å². The van der Waals surface area contributed by atoms with Gasteiger partial charge in [0, 0.05) is 20.3 Å². The number of aromatic amines is 1. The first kappa shape index (κ1) is 11.4. The van der Waals surface area contributed by atoms with Crippen molar-refractivity contribution in [3.05, 3.63) is 5.69 Å². The predicted molar refractivity (Wildman–Crippen MR) is 51.4 cm³/mol. The number of nitrogens with zero attached hydrogens (tertiary/aromatic N) is 3. The second-order valence-corrected chi connectivity index (χ2v) is 2.84. The summed E-state index contributed by atoms with van der Waals surface area (Å²) in [4.78, 5) is 10.7. The molecule has 1 rings (SSSR count). The van der Waals surface area contributed by atoms with Crippen LogP contribution >= 0.6 is 0 Å². The van der Waals surface area contributed by atoms with Gasteiger partial charge >= 0.3 is 5.97 Å². The molecular weight excluding hydrogens is 202 g/mol. The number of ether oxygens (including phenoxy) is 1. The monoisotopic (exact) mass is 215 g/mol. The number of nitrogens with two attached hydrogens (primary N) is 1. The van der Waals surface area contributed by atoms with Crippen molar-refractivity contribution >= 4 is 11.8 Å². The number of carboxylic acid groups (broad SMARTS) is 1. The van der Waals surface area contributed by atoms with Crippen molar-refractivity contribution in [3.63, 3.8) is 0 Å². The Kier molecular flexibility index (Phi) is 4.01. The van der Waals surface area contributed by atoms with Crippen LogP contribution in [-0.4, -0.2) is 46.7 Å². The Bertz CT molecular complexity index is 326. The maximum Gasteiger partial charge on any atom is 0.360 e. The van der Waals surface area contributed by atoms with Crippen LogP contribution in [0.15, 0.2) is 0 Å². The molecular formula is C7H13N5O3. The zero-order valence-corrected chi connectivity index (χ0v) is 8.30. The molecule has 4 N–H and O–H groups in total. The number of hydrogen-bond donors (Lipinski definition) is 3. The van der Waals surface area contributed by atoms with E-state index in [1.165, 1.54) is 5.01 Å². The molecule has 0 aliphatic heterocycles. The van der Waals surface area contributed by atoms with Crippen LogP contribution in [0.1, 0.15) is 16.9 Å². The highest BCUT2D eigenvalue weighted by Crippen LogP contribution is 2.11. The highest BCUT2D eigenvalue weighted by molar-refractivity contribution is 5.90. The number of nitrogens with one attached hydrogen (secondary N) is 1. The fourth-order valence-corrected chi connectivity index (χ4v) is 1.05. The highest BCUT2D eigenvalue weighted by Gasteiger charge is 2.18. The summed E-state index contributed by atoms with van der Waals surface area (Å²) < 4.78 is 4.84. The molecule has 0 amide bonds. The summed E-state index contributed by atoms with van der Waals surface area (Å²) in [5.74, 6) is 4.57. The molecule has 0 saturated heterocycles. The van der Waals surface area contributed by atoms with Crippen molar-refractivity contribution in [1.82, 2.24) is 15.4 Å². The molecule has 15 heavy (non-hydrogen) atoms. The van der Waals surface area contributed by atoms with Gasteiger partial charge in [-0.2, -0.15) is 5.21 Å². The molecule has 1 aromatic heterocycles. The van der Waals surface area contributed by atoms with E-state index in [0.717, 1.165) is 0 Å². The van der Waals surface area contributed by atoms with Gasteiger partial charge in [0.2, 0.25) is 5.69 Å². The number of methoxy groups -OCH3 is 1. The van der Waals surface area contributed by atoms with Crippen LogP contribution in [0.25, 0.3) is 0 Å². The van der Waals surface area contributed by atoms with Crippen molar-refractivity contribution in [1.29, 1.82) is 0 Å². The summed E-state index contributed by atoms with van der Waals surface area (Å²) >= 11 is 0. The largest absolute Gasteiger partial charge is 0.476 e. The SMILES string of the molecule is COCCCN(N)c1n[nH]nc1C(=O)O. The normalized spacial score (nSPS) is 10.3. The van der Waals surface area contributed by atoms with Crippen LogP contribution in [-0.2, 0) is 4.74 Å². The molecule has 0 unspecified atom stereocenters. The second-order valence-electron chi connectivity index (χ2n) is 2.84. The number of anilines is 1. The molecule has 84 valence electrons. The van der Waals surface area contributed by atoms with E-state index in [2.05, 4.69) is 15.4 Å². The smallest absolute Gasteiger partial charge is 0.360 e. The summed E-state index contributed by atoms with van der Waals surface area (Å²) in [6.45, 7) is 0.995. The third-order valence-corrected chi connectivity index (χ3v) is 1.75. The van der Waals surface area contributed by atoms with E-state index in [4.69, 9.17) is 15.7 Å². The number of carbonyl (C=O) groups is 1. The minimum absolute atomic E-state index is 0.124. The minimum atomic E-state index is -1.17. The first-order valence-electron chi connectivity index (χ1n) is 4.32. The molecule has 0 bridgehead atoms. The summed E-state index contributed by atoms with van der Waals surface area (Å²) in [6, 6.07) is 0. The van der Waals surface area contributed by atoms with Gasteiger partial charge < -0.3 is 9.84 Å². The van der Waals surface area contributed by atoms with E-state index in [9.17, 15) is 4.79 Å². The Labute approximate surface area is 86.0 Å². The van der Waals surface area contributed by atoms with Crippen LogP contribution in [0.5, 0.6) is 0 Å². The first-order chi connectivity index (χ1) is 7.16. The van der Waals surface area contributed by atoms with Crippen LogP contribution in [0, 0.1) is 0 Å². The summed E-state index contributed by atoms with van der Waals surface area (Å²) in [5, 5.41) is 19.3. The average molecular weight is 215 g/mol. The molecule has 1 aromatic rings. The van der Waals surface area contributed by atoms with Crippen LogP contribution in [0.4, 0.5) is 5.82 Å². The first-order valence-corrected chi connectivity index (χ1v) is 4.32. The van der Waals surface area contributed by atoms with Gasteiger partial charge in [-0.05, 0) is 6.42 Å². The Morgan fingerprint density at radius 3 is 3.00 bits per heavy atom. The third-order valence-electron chi connectivity index (χ3n) is 1.75. The van der Waals surface area contributed by atoms with E-state index in [-0.39, 0.29) is 11.5 Å². The predicted octanol–water partition coefficient (Wildman–Crippen LogP) is -0.780. The van der Waals surface area contributed by atoms with Gasteiger partial charge in [0.1, 0.15) is 0 Å². The maximum atomic E-state index is 10.7. The molecule has 0 saturated carbocycles. The molecule has 0 aliphatic rings. The second kappa shape index (κ2) is 5.27. The average Bonchev–Trinajstić information content (AvgIpc) is 2.66. The quantitative estimate of drug-likeness (QED) is 0.323. The zero-order valence-electron chi connectivity index (χ0n) is 8.30. The summed E-state index contributed by atoms with van der Waals surface area (Å²) in [5.41, 5.74) is -0.185. The van der Waals surface area contributed by atoms with Crippen molar-refractivity contribution in [2.45, 2.75) is 6.42 Å². The zero-order chi connectivity index (χ0) is 11.3. The molecule has 0 aromatic carbocycles. The summed E-state index contributed by atoms with van der Waals surface area (Å²) in [6.07, 6.45) is 0.679. The number of hydrogen-bond acceptors (Lipinski definition) is 6. The van der Waals surface area contributed by atoms with Gasteiger partial charge in [0.05, 0.1) is 0 Å². The molecule has 0 radical (unpaired) electrons. The van der Waals surface area contributed by atoms with E-state index in [1.807, 2.05) is 0 Å². The molecule has 0 atom stereocenters. The van der Waals surface area contributed by atoms with Crippen LogP contribution in [0.3, 0.4) is 0 Å². The molecule has 0 fully saturated rings. The van der Waals surface area contributed by atoms with Crippen molar-refractivity contribution in [2.24, 2.45) is 5.84 Å². The fraction of sp³-hybridized carbons (Fsp3) is 0.571. The van der Waals surface area contributed by atoms with Crippen LogP contribution < -0.4 is 10.9 Å². The minimum Gasteiger partial charge on any atom is -0.476 e. The molecule has 8 heteroatoms. The fourth-order valence-electron chi connectivity index (χ4n) is 1.05. The standard InChI is InChI=1S/C7H13N5O3/c1-15-4-2-3-12(8)6-5(7(13)14)9-11-10-6/h2-4,8H2,1H3,(H,13,14)(H,9,10,11). The Hall–Kier alpha value is -1.67. The number of carboxylic acids is 1. The Morgan fingerprint density at radius 2 is 2.40 bits per heavy atom. The van der Waals surface area contributed by atoms with Gasteiger partial charge in [0.25, 0.3) is 0 Å². The molecule has 1 heterocycles. The topological polar surface area (TPSA) is 117 Å². The number of aromatic nitrogens is 3. The van der Waals surface area contributed by atoms with E-state index >= 15 is 0 Å². The molecule has 0 aliphatic carbocycles. The van der Waals surface area contributed by atoms with Crippen molar-refractivity contribution < 1.29 is 14.6 Å². The van der Waals surface area contributed by atoms with Gasteiger partial charge in [-0.15, -0.1) is 10.2 Å². The molecule has 0 spiro atoms.